The number of nitrogens with one attached hydrogen (secondary N) is 1. The van der Waals surface area contributed by atoms with Crippen molar-refractivity contribution in [2.75, 3.05) is 5.32 Å². The lowest BCUT2D eigenvalue weighted by atomic mass is 10.0. The van der Waals surface area contributed by atoms with Crippen LogP contribution in [0.5, 0.6) is 5.75 Å². The molecule has 21 heavy (non-hydrogen) atoms. The first-order chi connectivity index (χ1) is 9.95. The van der Waals surface area contributed by atoms with Crippen molar-refractivity contribution in [1.82, 2.24) is 0 Å². The molecule has 1 unspecified atom stereocenters. The van der Waals surface area contributed by atoms with Gasteiger partial charge in [-0.2, -0.15) is 0 Å². The number of carbonyl (C=O) groups excluding carboxylic acids is 1. The predicted octanol–water partition coefficient (Wildman–Crippen LogP) is 2.84. The highest BCUT2D eigenvalue weighted by Gasteiger charge is 2.08. The predicted molar refractivity (Wildman–Crippen MR) is 84.6 cm³/mol. The fourth-order valence-corrected chi connectivity index (χ4v) is 2.28. The number of nitrogens with two attached hydrogens (primary N) is 1. The standard InChI is InChI=1S/C17H20N2O2/c1-11-9-14(17(18)21)5-8-16(11)19-12(2)10-13-3-6-15(20)7-4-13/h3-9,12,19-20H,10H2,1-2H3,(H2,18,21). The minimum atomic E-state index is -0.415. The van der Waals surface area contributed by atoms with Gasteiger partial charge in [0.25, 0.3) is 0 Å². The molecule has 0 heterocycles. The first kappa shape index (κ1) is 14.9. The Morgan fingerprint density at radius 3 is 2.48 bits per heavy atom. The molecule has 0 saturated carbocycles. The molecule has 2 aromatic rings. The largest absolute Gasteiger partial charge is 0.508 e. The summed E-state index contributed by atoms with van der Waals surface area (Å²) >= 11 is 0. The van der Waals surface area contributed by atoms with Crippen LogP contribution in [0.4, 0.5) is 5.69 Å². The number of primary amides is 1. The lowest BCUT2D eigenvalue weighted by Crippen LogP contribution is -2.19. The maximum absolute atomic E-state index is 11.1. The van der Waals surface area contributed by atoms with E-state index in [1.807, 2.05) is 25.1 Å². The van der Waals surface area contributed by atoms with Gasteiger partial charge in [0, 0.05) is 17.3 Å². The molecular formula is C17H20N2O2. The fraction of sp³-hybridized carbons (Fsp3) is 0.235. The van der Waals surface area contributed by atoms with E-state index < -0.39 is 5.91 Å². The molecule has 0 spiro atoms. The summed E-state index contributed by atoms with van der Waals surface area (Å²) in [5, 5.41) is 12.7. The minimum Gasteiger partial charge on any atom is -0.508 e. The number of hydrogen-bond acceptors (Lipinski definition) is 3. The zero-order valence-corrected chi connectivity index (χ0v) is 12.3. The van der Waals surface area contributed by atoms with E-state index in [1.165, 1.54) is 0 Å². The van der Waals surface area contributed by atoms with Crippen LogP contribution in [0.25, 0.3) is 0 Å². The quantitative estimate of drug-likeness (QED) is 0.790. The fourth-order valence-electron chi connectivity index (χ4n) is 2.28. The molecule has 2 rings (SSSR count). The summed E-state index contributed by atoms with van der Waals surface area (Å²) in [6, 6.07) is 12.8. The van der Waals surface area contributed by atoms with Crippen LogP contribution in [0.15, 0.2) is 42.5 Å². The molecule has 4 nitrogen and oxygen atoms in total. The molecular weight excluding hydrogens is 264 g/mol. The number of rotatable bonds is 5. The summed E-state index contributed by atoms with van der Waals surface area (Å²) in [6.07, 6.45) is 0.845. The van der Waals surface area contributed by atoms with E-state index in [1.54, 1.807) is 24.3 Å². The zero-order valence-electron chi connectivity index (χ0n) is 12.3. The summed E-state index contributed by atoms with van der Waals surface area (Å²) in [5.74, 6) is -0.140. The number of anilines is 1. The van der Waals surface area contributed by atoms with Crippen LogP contribution >= 0.6 is 0 Å². The van der Waals surface area contributed by atoms with Crippen molar-refractivity contribution in [3.05, 3.63) is 59.2 Å². The Bertz CT molecular complexity index is 636. The van der Waals surface area contributed by atoms with Gasteiger partial charge in [-0.15, -0.1) is 0 Å². The van der Waals surface area contributed by atoms with E-state index in [2.05, 4.69) is 12.2 Å². The molecule has 0 fully saturated rings. The normalized spacial score (nSPS) is 11.9. The van der Waals surface area contributed by atoms with Crippen LogP contribution < -0.4 is 11.1 Å². The van der Waals surface area contributed by atoms with E-state index in [4.69, 9.17) is 5.73 Å². The van der Waals surface area contributed by atoms with Crippen molar-refractivity contribution in [3.8, 4) is 5.75 Å². The van der Waals surface area contributed by atoms with Crippen LogP contribution in [0.2, 0.25) is 0 Å². The van der Waals surface area contributed by atoms with Crippen molar-refractivity contribution in [2.24, 2.45) is 5.73 Å². The molecule has 0 aromatic heterocycles. The Labute approximate surface area is 124 Å². The average Bonchev–Trinajstić information content (AvgIpc) is 2.43. The number of carbonyl (C=O) groups is 1. The molecule has 0 aliphatic heterocycles. The lowest BCUT2D eigenvalue weighted by Gasteiger charge is -2.17. The second kappa shape index (κ2) is 6.31. The van der Waals surface area contributed by atoms with Crippen molar-refractivity contribution in [3.63, 3.8) is 0 Å². The van der Waals surface area contributed by atoms with Crippen LogP contribution in [0.3, 0.4) is 0 Å². The van der Waals surface area contributed by atoms with Gasteiger partial charge in [-0.25, -0.2) is 0 Å². The molecule has 0 saturated heterocycles. The van der Waals surface area contributed by atoms with Gasteiger partial charge in [-0.1, -0.05) is 12.1 Å². The number of phenolic OH excluding ortho intramolecular Hbond substituents is 1. The minimum absolute atomic E-state index is 0.229. The molecule has 0 radical (unpaired) electrons. The number of phenols is 1. The highest BCUT2D eigenvalue weighted by atomic mass is 16.3. The Hall–Kier alpha value is -2.49. The van der Waals surface area contributed by atoms with Crippen LogP contribution in [0, 0.1) is 6.92 Å². The van der Waals surface area contributed by atoms with Crippen LogP contribution in [-0.2, 0) is 6.42 Å². The Morgan fingerprint density at radius 1 is 1.24 bits per heavy atom. The molecule has 4 heteroatoms. The van der Waals surface area contributed by atoms with Crippen molar-refractivity contribution < 1.29 is 9.90 Å². The summed E-state index contributed by atoms with van der Waals surface area (Å²) in [4.78, 5) is 11.1. The summed E-state index contributed by atoms with van der Waals surface area (Å²) in [5.41, 5.74) is 8.92. The maximum atomic E-state index is 11.1. The number of amides is 1. The molecule has 1 amide bonds. The van der Waals surface area contributed by atoms with Crippen LogP contribution in [-0.4, -0.2) is 17.1 Å². The number of benzene rings is 2. The Morgan fingerprint density at radius 2 is 1.90 bits per heavy atom. The van der Waals surface area contributed by atoms with E-state index in [-0.39, 0.29) is 11.8 Å². The first-order valence-corrected chi connectivity index (χ1v) is 6.90. The van der Waals surface area contributed by atoms with Gasteiger partial charge >= 0.3 is 0 Å². The van der Waals surface area contributed by atoms with Gasteiger partial charge in [0.1, 0.15) is 5.75 Å². The van der Waals surface area contributed by atoms with Gasteiger partial charge in [0.2, 0.25) is 5.91 Å². The molecule has 0 aliphatic rings. The van der Waals surface area contributed by atoms with E-state index in [9.17, 15) is 9.90 Å². The Balaban J connectivity index is 2.04. The number of hydrogen-bond donors (Lipinski definition) is 3. The topological polar surface area (TPSA) is 75.4 Å². The highest BCUT2D eigenvalue weighted by molar-refractivity contribution is 5.93. The monoisotopic (exact) mass is 284 g/mol. The van der Waals surface area contributed by atoms with E-state index >= 15 is 0 Å². The average molecular weight is 284 g/mol. The van der Waals surface area contributed by atoms with E-state index in [0.29, 0.717) is 5.56 Å². The zero-order chi connectivity index (χ0) is 15.4. The number of aryl methyl sites for hydroxylation is 1. The maximum Gasteiger partial charge on any atom is 0.248 e. The third-order valence-electron chi connectivity index (χ3n) is 3.39. The van der Waals surface area contributed by atoms with Crippen molar-refractivity contribution >= 4 is 11.6 Å². The lowest BCUT2D eigenvalue weighted by molar-refractivity contribution is 0.1000. The highest BCUT2D eigenvalue weighted by Crippen LogP contribution is 2.19. The third-order valence-corrected chi connectivity index (χ3v) is 3.39. The second-order valence-electron chi connectivity index (χ2n) is 5.31. The van der Waals surface area contributed by atoms with Crippen molar-refractivity contribution in [2.45, 2.75) is 26.3 Å². The summed E-state index contributed by atoms with van der Waals surface area (Å²) < 4.78 is 0. The molecule has 2 aromatic carbocycles. The smallest absolute Gasteiger partial charge is 0.248 e. The van der Waals surface area contributed by atoms with Gasteiger partial charge in [-0.05, 0) is 61.7 Å². The molecule has 4 N–H and O–H groups in total. The summed E-state index contributed by atoms with van der Waals surface area (Å²) in [6.45, 7) is 4.04. The molecule has 1 atom stereocenters. The van der Waals surface area contributed by atoms with Crippen LogP contribution in [0.1, 0.15) is 28.4 Å². The van der Waals surface area contributed by atoms with Gasteiger partial charge in [0.15, 0.2) is 0 Å². The van der Waals surface area contributed by atoms with E-state index in [0.717, 1.165) is 23.2 Å². The van der Waals surface area contributed by atoms with Gasteiger partial charge < -0.3 is 16.2 Å². The first-order valence-electron chi connectivity index (χ1n) is 6.90. The Kier molecular flexibility index (Phi) is 4.48. The molecule has 0 bridgehead atoms. The SMILES string of the molecule is Cc1cc(C(N)=O)ccc1NC(C)Cc1ccc(O)cc1. The van der Waals surface area contributed by atoms with Gasteiger partial charge in [-0.3, -0.25) is 4.79 Å². The van der Waals surface area contributed by atoms with Gasteiger partial charge in [0.05, 0.1) is 0 Å². The molecule has 0 aliphatic carbocycles. The molecule has 110 valence electrons. The summed E-state index contributed by atoms with van der Waals surface area (Å²) in [7, 11) is 0. The van der Waals surface area contributed by atoms with Crippen molar-refractivity contribution in [1.29, 1.82) is 0 Å². The second-order valence-corrected chi connectivity index (χ2v) is 5.31. The number of aromatic hydroxyl groups is 1. The third kappa shape index (κ3) is 3.99.